The van der Waals surface area contributed by atoms with Gasteiger partial charge >= 0.3 is 12.3 Å². The number of methoxy groups -OCH3 is 1. The molecule has 1 aromatic carbocycles. The molecule has 0 saturated heterocycles. The molecular formula is C20H21F3N4O2. The molecule has 0 saturated carbocycles. The van der Waals surface area contributed by atoms with Crippen LogP contribution >= 0.6 is 0 Å². The number of halogens is 3. The number of carbonyl (C=O) groups is 1. The molecule has 0 fully saturated rings. The van der Waals surface area contributed by atoms with Crippen LogP contribution in [0.15, 0.2) is 48.7 Å². The number of anilines is 2. The molecule has 2 aromatic rings. The van der Waals surface area contributed by atoms with Crippen molar-refractivity contribution in [2.75, 3.05) is 17.7 Å². The van der Waals surface area contributed by atoms with Crippen molar-refractivity contribution in [3.8, 4) is 11.1 Å². The van der Waals surface area contributed by atoms with Crippen LogP contribution in [-0.4, -0.2) is 30.4 Å². The maximum Gasteiger partial charge on any atom is 0.411 e. The molecule has 0 aliphatic carbocycles. The highest BCUT2D eigenvalue weighted by atomic mass is 19.4. The average molecular weight is 406 g/mol. The molecule has 1 aliphatic heterocycles. The Morgan fingerprint density at radius 2 is 2.00 bits per heavy atom. The second-order valence-corrected chi connectivity index (χ2v) is 6.63. The molecule has 0 radical (unpaired) electrons. The predicted octanol–water partition coefficient (Wildman–Crippen LogP) is 4.62. The van der Waals surface area contributed by atoms with E-state index in [0.29, 0.717) is 28.9 Å². The number of rotatable bonds is 1. The molecule has 2 heterocycles. The fourth-order valence-electron chi connectivity index (χ4n) is 3.04. The fourth-order valence-corrected chi connectivity index (χ4v) is 3.04. The minimum Gasteiger partial charge on any atom is -0.453 e. The summed E-state index contributed by atoms with van der Waals surface area (Å²) in [7, 11) is 1.20. The number of pyridine rings is 1. The highest BCUT2D eigenvalue weighted by Gasteiger charge is 2.39. The van der Waals surface area contributed by atoms with Gasteiger partial charge in [0.1, 0.15) is 6.04 Å². The zero-order valence-corrected chi connectivity index (χ0v) is 15.7. The smallest absolute Gasteiger partial charge is 0.411 e. The van der Waals surface area contributed by atoms with Crippen molar-refractivity contribution in [2.45, 2.75) is 31.1 Å². The number of benzene rings is 1. The van der Waals surface area contributed by atoms with Gasteiger partial charge < -0.3 is 15.8 Å². The Kier molecular flexibility index (Phi) is 6.07. The van der Waals surface area contributed by atoms with Crippen molar-refractivity contribution in [1.82, 2.24) is 4.98 Å². The number of fused-ring (bicyclic) bond motifs is 4. The number of nitrogens with zero attached hydrogens (tertiary/aromatic N) is 1. The zero-order chi connectivity index (χ0) is 21.0. The summed E-state index contributed by atoms with van der Waals surface area (Å²) in [6, 6.07) is 5.90. The number of hydrogen-bond acceptors (Lipinski definition) is 5. The van der Waals surface area contributed by atoms with Crippen LogP contribution in [0.4, 0.5) is 29.3 Å². The summed E-state index contributed by atoms with van der Waals surface area (Å²) in [6.07, 6.45) is -0.384. The van der Waals surface area contributed by atoms with Crippen molar-refractivity contribution < 1.29 is 22.7 Å². The number of aromatic nitrogens is 1. The molecule has 3 rings (SSSR count). The maximum atomic E-state index is 13.6. The molecule has 1 aromatic heterocycles. The van der Waals surface area contributed by atoms with Gasteiger partial charge in [-0.05, 0) is 42.7 Å². The van der Waals surface area contributed by atoms with Gasteiger partial charge in [-0.3, -0.25) is 10.3 Å². The van der Waals surface area contributed by atoms with Gasteiger partial charge in [-0.15, -0.1) is 0 Å². The first kappa shape index (κ1) is 20.7. The quantitative estimate of drug-likeness (QED) is 0.602. The first-order chi connectivity index (χ1) is 13.8. The van der Waals surface area contributed by atoms with Crippen molar-refractivity contribution in [2.24, 2.45) is 5.73 Å². The van der Waals surface area contributed by atoms with E-state index in [9.17, 15) is 18.0 Å². The van der Waals surface area contributed by atoms with E-state index in [-0.39, 0.29) is 12.1 Å². The first-order valence-electron chi connectivity index (χ1n) is 8.97. The average Bonchev–Trinajstić information content (AvgIpc) is 2.68. The molecule has 1 aliphatic rings. The van der Waals surface area contributed by atoms with Crippen molar-refractivity contribution >= 4 is 17.5 Å². The van der Waals surface area contributed by atoms with Crippen LogP contribution in [0.3, 0.4) is 0 Å². The molecule has 6 nitrogen and oxygen atoms in total. The Bertz CT molecular complexity index is 915. The highest BCUT2D eigenvalue weighted by Crippen LogP contribution is 2.35. The largest absolute Gasteiger partial charge is 0.453 e. The summed E-state index contributed by atoms with van der Waals surface area (Å²) in [5, 5.41) is 5.05. The molecular weight excluding hydrogens is 385 g/mol. The molecule has 9 heteroatoms. The summed E-state index contributed by atoms with van der Waals surface area (Å²) in [4.78, 5) is 15.8. The van der Waals surface area contributed by atoms with Crippen molar-refractivity contribution in [1.29, 1.82) is 0 Å². The lowest BCUT2D eigenvalue weighted by Crippen LogP contribution is -2.36. The summed E-state index contributed by atoms with van der Waals surface area (Å²) < 4.78 is 45.4. The SMILES string of the molecule is COC(=O)Nc1ccc2c(c1)NC(C(F)(F)F)C/C=C/C[C@H](N)c1cc-2ccn1. The van der Waals surface area contributed by atoms with Crippen molar-refractivity contribution in [3.63, 3.8) is 0 Å². The third kappa shape index (κ3) is 5.05. The Morgan fingerprint density at radius 1 is 1.24 bits per heavy atom. The standard InChI is InChI=1S/C20H21F3N4O2/c1-29-19(28)26-13-6-7-14-12-8-9-25-17(10-12)15(24)4-2-3-5-18(20(21,22)23)27-16(14)11-13/h2-3,6-11,15,18,27H,4-5,24H2,1H3,(H,26,28)/b3-2+/t15-,18?/m0/s1. The molecule has 29 heavy (non-hydrogen) atoms. The number of ether oxygens (including phenoxy) is 1. The molecule has 2 atom stereocenters. The van der Waals surface area contributed by atoms with Gasteiger partial charge in [-0.2, -0.15) is 13.2 Å². The third-order valence-corrected chi connectivity index (χ3v) is 4.58. The van der Waals surface area contributed by atoms with Crippen LogP contribution in [-0.2, 0) is 4.74 Å². The van der Waals surface area contributed by atoms with E-state index in [1.54, 1.807) is 36.5 Å². The Balaban J connectivity index is 2.12. The molecule has 2 bridgehead atoms. The summed E-state index contributed by atoms with van der Waals surface area (Å²) in [5.74, 6) is 0. The normalized spacial score (nSPS) is 20.3. The number of nitrogens with one attached hydrogen (secondary N) is 2. The Hall–Kier alpha value is -3.07. The molecule has 1 unspecified atom stereocenters. The van der Waals surface area contributed by atoms with E-state index in [1.807, 2.05) is 0 Å². The fraction of sp³-hybridized carbons (Fsp3) is 0.300. The zero-order valence-electron chi connectivity index (χ0n) is 15.7. The lowest BCUT2D eigenvalue weighted by Gasteiger charge is -2.24. The first-order valence-corrected chi connectivity index (χ1v) is 8.97. The van der Waals surface area contributed by atoms with Crippen LogP contribution in [0, 0.1) is 0 Å². The minimum atomic E-state index is -4.47. The second kappa shape index (κ2) is 8.52. The van der Waals surface area contributed by atoms with Gasteiger partial charge in [-0.1, -0.05) is 18.2 Å². The predicted molar refractivity (Wildman–Crippen MR) is 104 cm³/mol. The topological polar surface area (TPSA) is 89.3 Å². The van der Waals surface area contributed by atoms with Gasteiger partial charge in [0.15, 0.2) is 0 Å². The van der Waals surface area contributed by atoms with Crippen LogP contribution in [0.5, 0.6) is 0 Å². The number of hydrogen-bond donors (Lipinski definition) is 3. The minimum absolute atomic E-state index is 0.223. The number of alkyl halides is 3. The van der Waals surface area contributed by atoms with Gasteiger partial charge in [-0.25, -0.2) is 4.79 Å². The molecule has 154 valence electrons. The van der Waals surface area contributed by atoms with E-state index < -0.39 is 24.4 Å². The molecule has 1 amide bonds. The van der Waals surface area contributed by atoms with E-state index in [1.165, 1.54) is 19.3 Å². The summed E-state index contributed by atoms with van der Waals surface area (Å²) >= 11 is 0. The van der Waals surface area contributed by atoms with Crippen LogP contribution in [0.25, 0.3) is 11.1 Å². The van der Waals surface area contributed by atoms with Gasteiger partial charge in [0, 0.05) is 23.1 Å². The number of nitrogens with two attached hydrogens (primary N) is 1. The lowest BCUT2D eigenvalue weighted by atomic mass is 9.99. The third-order valence-electron chi connectivity index (χ3n) is 4.58. The second-order valence-electron chi connectivity index (χ2n) is 6.63. The maximum absolute atomic E-state index is 13.6. The number of carbonyl (C=O) groups excluding carboxylic acids is 1. The monoisotopic (exact) mass is 406 g/mol. The summed E-state index contributed by atoms with van der Waals surface area (Å²) in [6.45, 7) is 0. The van der Waals surface area contributed by atoms with E-state index >= 15 is 0 Å². The van der Waals surface area contributed by atoms with E-state index in [2.05, 4.69) is 20.4 Å². The number of amides is 1. The Labute approximate surface area is 166 Å². The highest BCUT2D eigenvalue weighted by molar-refractivity contribution is 5.88. The van der Waals surface area contributed by atoms with E-state index in [4.69, 9.17) is 5.73 Å². The van der Waals surface area contributed by atoms with E-state index in [0.717, 1.165) is 0 Å². The van der Waals surface area contributed by atoms with Gasteiger partial charge in [0.05, 0.1) is 18.8 Å². The molecule has 4 N–H and O–H groups in total. The van der Waals surface area contributed by atoms with Gasteiger partial charge in [0.25, 0.3) is 0 Å². The lowest BCUT2D eigenvalue weighted by molar-refractivity contribution is -0.141. The van der Waals surface area contributed by atoms with Gasteiger partial charge in [0.2, 0.25) is 0 Å². The van der Waals surface area contributed by atoms with Crippen LogP contribution < -0.4 is 16.4 Å². The molecule has 0 spiro atoms. The Morgan fingerprint density at radius 3 is 2.72 bits per heavy atom. The summed E-state index contributed by atoms with van der Waals surface area (Å²) in [5.41, 5.74) is 8.52. The van der Waals surface area contributed by atoms with Crippen molar-refractivity contribution in [3.05, 3.63) is 54.4 Å². The van der Waals surface area contributed by atoms with Crippen LogP contribution in [0.1, 0.15) is 24.6 Å². The van der Waals surface area contributed by atoms with Crippen LogP contribution in [0.2, 0.25) is 0 Å².